The van der Waals surface area contributed by atoms with Gasteiger partial charge in [0, 0.05) is 17.8 Å². The van der Waals surface area contributed by atoms with Crippen molar-refractivity contribution in [3.63, 3.8) is 0 Å². The van der Waals surface area contributed by atoms with E-state index in [-0.39, 0.29) is 11.6 Å². The van der Waals surface area contributed by atoms with Crippen LogP contribution in [0.4, 0.5) is 11.4 Å². The van der Waals surface area contributed by atoms with Crippen LogP contribution in [-0.2, 0) is 0 Å². The summed E-state index contributed by atoms with van der Waals surface area (Å²) in [7, 11) is 0. The second-order valence-electron chi connectivity index (χ2n) is 3.75. The molecule has 1 unspecified atom stereocenters. The van der Waals surface area contributed by atoms with Crippen LogP contribution in [0.25, 0.3) is 0 Å². The molecule has 2 N–H and O–H groups in total. The summed E-state index contributed by atoms with van der Waals surface area (Å²) in [6, 6.07) is 4.18. The van der Waals surface area contributed by atoms with Crippen molar-refractivity contribution in [1.29, 1.82) is 0 Å². The Morgan fingerprint density at radius 2 is 2.24 bits per heavy atom. The van der Waals surface area contributed by atoms with Crippen molar-refractivity contribution in [3.05, 3.63) is 33.9 Å². The van der Waals surface area contributed by atoms with Crippen molar-refractivity contribution in [2.45, 2.75) is 26.3 Å². The number of hydrogen-bond donors (Lipinski definition) is 2. The summed E-state index contributed by atoms with van der Waals surface area (Å²) in [4.78, 5) is 20.8. The van der Waals surface area contributed by atoms with E-state index in [2.05, 4.69) is 5.32 Å². The summed E-state index contributed by atoms with van der Waals surface area (Å²) in [5, 5.41) is 22.6. The van der Waals surface area contributed by atoms with E-state index in [1.165, 1.54) is 18.2 Å². The van der Waals surface area contributed by atoms with Crippen LogP contribution in [-0.4, -0.2) is 22.0 Å². The molecule has 0 spiro atoms. The Balaban J connectivity index is 3.10. The van der Waals surface area contributed by atoms with E-state index in [1.807, 2.05) is 13.8 Å². The van der Waals surface area contributed by atoms with Crippen LogP contribution in [0.3, 0.4) is 0 Å². The van der Waals surface area contributed by atoms with Crippen molar-refractivity contribution in [1.82, 2.24) is 0 Å². The molecular formula is C11H14N2O4. The minimum atomic E-state index is -1.30. The summed E-state index contributed by atoms with van der Waals surface area (Å²) in [6.45, 7) is 3.93. The topological polar surface area (TPSA) is 92.5 Å². The SMILES string of the molecule is CCC(C)Nc1ccc([N+](=O)[O-])c(C(=O)O)c1. The van der Waals surface area contributed by atoms with Gasteiger partial charge in [0.25, 0.3) is 5.69 Å². The highest BCUT2D eigenvalue weighted by molar-refractivity contribution is 5.93. The van der Waals surface area contributed by atoms with Gasteiger partial charge in [-0.1, -0.05) is 6.92 Å². The Hall–Kier alpha value is -2.11. The van der Waals surface area contributed by atoms with Gasteiger partial charge in [0.1, 0.15) is 5.56 Å². The quantitative estimate of drug-likeness (QED) is 0.607. The van der Waals surface area contributed by atoms with Crippen molar-refractivity contribution in [3.8, 4) is 0 Å². The fourth-order valence-corrected chi connectivity index (χ4v) is 1.34. The Bertz CT molecular complexity index is 445. The van der Waals surface area contributed by atoms with E-state index in [0.29, 0.717) is 5.69 Å². The molecule has 6 heteroatoms. The predicted octanol–water partition coefficient (Wildman–Crippen LogP) is 2.50. The number of carbonyl (C=O) groups is 1. The number of rotatable bonds is 5. The highest BCUT2D eigenvalue weighted by Crippen LogP contribution is 2.23. The average Bonchev–Trinajstić information content (AvgIpc) is 2.28. The Labute approximate surface area is 98.4 Å². The van der Waals surface area contributed by atoms with E-state index >= 15 is 0 Å². The van der Waals surface area contributed by atoms with Gasteiger partial charge in [-0.2, -0.15) is 0 Å². The highest BCUT2D eigenvalue weighted by atomic mass is 16.6. The summed E-state index contributed by atoms with van der Waals surface area (Å²) in [5.74, 6) is -1.30. The summed E-state index contributed by atoms with van der Waals surface area (Å²) < 4.78 is 0. The molecule has 0 aliphatic heterocycles. The molecule has 0 heterocycles. The van der Waals surface area contributed by atoms with E-state index < -0.39 is 16.6 Å². The Kier molecular flexibility index (Phi) is 4.03. The predicted molar refractivity (Wildman–Crippen MR) is 63.4 cm³/mol. The van der Waals surface area contributed by atoms with Gasteiger partial charge >= 0.3 is 5.97 Å². The molecule has 0 bridgehead atoms. The first-order valence-corrected chi connectivity index (χ1v) is 5.24. The number of aromatic carboxylic acids is 1. The van der Waals surface area contributed by atoms with Gasteiger partial charge in [0.2, 0.25) is 0 Å². The molecule has 0 saturated heterocycles. The lowest BCUT2D eigenvalue weighted by Gasteiger charge is -2.13. The van der Waals surface area contributed by atoms with Crippen molar-refractivity contribution >= 4 is 17.3 Å². The molecule has 0 aliphatic rings. The maximum absolute atomic E-state index is 10.9. The number of nitrogens with one attached hydrogen (secondary N) is 1. The van der Waals surface area contributed by atoms with Gasteiger partial charge < -0.3 is 10.4 Å². The first kappa shape index (κ1) is 13.0. The van der Waals surface area contributed by atoms with Gasteiger partial charge in [0.05, 0.1) is 4.92 Å². The number of hydrogen-bond acceptors (Lipinski definition) is 4. The molecule has 0 radical (unpaired) electrons. The fourth-order valence-electron chi connectivity index (χ4n) is 1.34. The molecule has 0 aliphatic carbocycles. The summed E-state index contributed by atoms with van der Waals surface area (Å²) in [6.07, 6.45) is 0.874. The third-order valence-electron chi connectivity index (χ3n) is 2.45. The van der Waals surface area contributed by atoms with Crippen LogP contribution in [0.1, 0.15) is 30.6 Å². The van der Waals surface area contributed by atoms with Crippen LogP contribution < -0.4 is 5.32 Å². The molecule has 1 atom stereocenters. The molecule has 17 heavy (non-hydrogen) atoms. The van der Waals surface area contributed by atoms with Crippen LogP contribution >= 0.6 is 0 Å². The second kappa shape index (κ2) is 5.29. The lowest BCUT2D eigenvalue weighted by Crippen LogP contribution is -2.14. The Morgan fingerprint density at radius 3 is 2.71 bits per heavy atom. The first-order valence-electron chi connectivity index (χ1n) is 5.24. The zero-order valence-corrected chi connectivity index (χ0v) is 9.64. The third-order valence-corrected chi connectivity index (χ3v) is 2.45. The Morgan fingerprint density at radius 1 is 1.59 bits per heavy atom. The lowest BCUT2D eigenvalue weighted by atomic mass is 10.1. The van der Waals surface area contributed by atoms with Crippen LogP contribution in [0.2, 0.25) is 0 Å². The average molecular weight is 238 g/mol. The molecule has 0 aromatic heterocycles. The number of nitro benzene ring substituents is 1. The molecule has 0 saturated carbocycles. The first-order chi connectivity index (χ1) is 7.95. The number of anilines is 1. The van der Waals surface area contributed by atoms with Gasteiger partial charge in [-0.15, -0.1) is 0 Å². The van der Waals surface area contributed by atoms with E-state index in [9.17, 15) is 14.9 Å². The van der Waals surface area contributed by atoms with Crippen molar-refractivity contribution in [2.75, 3.05) is 5.32 Å². The van der Waals surface area contributed by atoms with E-state index in [1.54, 1.807) is 0 Å². The maximum atomic E-state index is 10.9. The monoisotopic (exact) mass is 238 g/mol. The maximum Gasteiger partial charge on any atom is 0.342 e. The molecule has 92 valence electrons. The number of carboxylic acids is 1. The van der Waals surface area contributed by atoms with E-state index in [0.717, 1.165) is 6.42 Å². The van der Waals surface area contributed by atoms with Gasteiger partial charge in [-0.05, 0) is 25.5 Å². The molecule has 0 amide bonds. The van der Waals surface area contributed by atoms with Gasteiger partial charge in [0.15, 0.2) is 0 Å². The number of nitrogens with zero attached hydrogens (tertiary/aromatic N) is 1. The normalized spacial score (nSPS) is 11.9. The largest absolute Gasteiger partial charge is 0.477 e. The zero-order valence-electron chi connectivity index (χ0n) is 9.64. The zero-order chi connectivity index (χ0) is 13.0. The molecule has 1 aromatic carbocycles. The molecule has 0 fully saturated rings. The molecule has 6 nitrogen and oxygen atoms in total. The summed E-state index contributed by atoms with van der Waals surface area (Å²) >= 11 is 0. The molecule has 1 rings (SSSR count). The van der Waals surface area contributed by atoms with Crippen LogP contribution in [0.5, 0.6) is 0 Å². The third kappa shape index (κ3) is 3.17. The summed E-state index contributed by atoms with van der Waals surface area (Å²) in [5.41, 5.74) is -0.127. The highest BCUT2D eigenvalue weighted by Gasteiger charge is 2.20. The van der Waals surface area contributed by atoms with Gasteiger partial charge in [-0.25, -0.2) is 4.79 Å². The number of nitro groups is 1. The number of carboxylic acid groups (broad SMARTS) is 1. The molecular weight excluding hydrogens is 224 g/mol. The smallest absolute Gasteiger partial charge is 0.342 e. The molecule has 1 aromatic rings. The van der Waals surface area contributed by atoms with Crippen molar-refractivity contribution < 1.29 is 14.8 Å². The van der Waals surface area contributed by atoms with E-state index in [4.69, 9.17) is 5.11 Å². The minimum absolute atomic E-state index is 0.179. The van der Waals surface area contributed by atoms with Gasteiger partial charge in [-0.3, -0.25) is 10.1 Å². The second-order valence-corrected chi connectivity index (χ2v) is 3.75. The standard InChI is InChI=1S/C11H14N2O4/c1-3-7(2)12-8-4-5-10(13(16)17)9(6-8)11(14)15/h4-7,12H,3H2,1-2H3,(H,14,15). The minimum Gasteiger partial charge on any atom is -0.477 e. The lowest BCUT2D eigenvalue weighted by molar-refractivity contribution is -0.385. The van der Waals surface area contributed by atoms with Crippen molar-refractivity contribution in [2.24, 2.45) is 0 Å². The fraction of sp³-hybridized carbons (Fsp3) is 0.364. The van der Waals surface area contributed by atoms with Crippen LogP contribution in [0.15, 0.2) is 18.2 Å². The number of benzene rings is 1. The van der Waals surface area contributed by atoms with Crippen LogP contribution in [0, 0.1) is 10.1 Å².